The Morgan fingerprint density at radius 2 is 1.51 bits per heavy atom. The molecular formula is C30H32N2O2S. The van der Waals surface area contributed by atoms with Crippen LogP contribution >= 0.6 is 11.8 Å². The molecule has 1 N–H and O–H groups in total. The van der Waals surface area contributed by atoms with Crippen molar-refractivity contribution in [1.29, 1.82) is 0 Å². The first-order valence-corrected chi connectivity index (χ1v) is 13.0. The fourth-order valence-electron chi connectivity index (χ4n) is 3.96. The zero-order valence-electron chi connectivity index (χ0n) is 20.8. The first-order valence-electron chi connectivity index (χ1n) is 12.2. The van der Waals surface area contributed by atoms with Gasteiger partial charge in [-0.25, -0.2) is 4.90 Å². The van der Waals surface area contributed by atoms with E-state index in [0.29, 0.717) is 22.2 Å². The van der Waals surface area contributed by atoms with Crippen LogP contribution in [-0.2, 0) is 16.0 Å². The Morgan fingerprint density at radius 1 is 0.857 bits per heavy atom. The molecule has 35 heavy (non-hydrogen) atoms. The molecule has 4 rings (SSSR count). The molecule has 1 aliphatic heterocycles. The van der Waals surface area contributed by atoms with Gasteiger partial charge in [-0.1, -0.05) is 80.9 Å². The number of rotatable bonds is 9. The van der Waals surface area contributed by atoms with Gasteiger partial charge in [-0.3, -0.25) is 9.59 Å². The van der Waals surface area contributed by atoms with Gasteiger partial charge in [0.2, 0.25) is 0 Å². The number of hydrogen-bond acceptors (Lipinski definition) is 4. The molecule has 3 aromatic carbocycles. The molecule has 0 radical (unpaired) electrons. The highest BCUT2D eigenvalue weighted by atomic mass is 32.2. The van der Waals surface area contributed by atoms with Crippen LogP contribution in [0.15, 0.2) is 88.3 Å². The smallest absolute Gasteiger partial charge is 0.283 e. The van der Waals surface area contributed by atoms with Crippen molar-refractivity contribution in [1.82, 2.24) is 0 Å². The van der Waals surface area contributed by atoms with Crippen molar-refractivity contribution in [3.8, 4) is 0 Å². The number of anilines is 2. The monoisotopic (exact) mass is 484 g/mol. The molecule has 0 unspecified atom stereocenters. The van der Waals surface area contributed by atoms with E-state index >= 15 is 0 Å². The SMILES string of the molecule is CCCCc1ccc(N2C(=O)C(Nc3ccc(C(C)C)cc3)=C(Sc3ccc(C)cc3)C2=O)cc1. The van der Waals surface area contributed by atoms with Crippen molar-refractivity contribution < 1.29 is 9.59 Å². The molecule has 0 spiro atoms. The molecule has 0 fully saturated rings. The van der Waals surface area contributed by atoms with Gasteiger partial charge >= 0.3 is 0 Å². The topological polar surface area (TPSA) is 49.4 Å². The van der Waals surface area contributed by atoms with Crippen LogP contribution in [0.3, 0.4) is 0 Å². The second kappa shape index (κ2) is 11.0. The molecule has 0 saturated heterocycles. The van der Waals surface area contributed by atoms with Crippen molar-refractivity contribution in [2.24, 2.45) is 0 Å². The van der Waals surface area contributed by atoms with Crippen LogP contribution in [0.1, 0.15) is 56.2 Å². The minimum absolute atomic E-state index is 0.303. The largest absolute Gasteiger partial charge is 0.350 e. The Bertz CT molecular complexity index is 1230. The number of imide groups is 1. The summed E-state index contributed by atoms with van der Waals surface area (Å²) < 4.78 is 0. The van der Waals surface area contributed by atoms with Gasteiger partial charge in [0.25, 0.3) is 11.8 Å². The number of benzene rings is 3. The van der Waals surface area contributed by atoms with Crippen LogP contribution in [0.5, 0.6) is 0 Å². The molecule has 0 atom stereocenters. The summed E-state index contributed by atoms with van der Waals surface area (Å²) in [6.07, 6.45) is 3.23. The summed E-state index contributed by atoms with van der Waals surface area (Å²) >= 11 is 1.32. The van der Waals surface area contributed by atoms with Gasteiger partial charge in [0.15, 0.2) is 0 Å². The van der Waals surface area contributed by atoms with Gasteiger partial charge in [-0.15, -0.1) is 0 Å². The Labute approximate surface area is 212 Å². The number of thioether (sulfide) groups is 1. The van der Waals surface area contributed by atoms with E-state index in [4.69, 9.17) is 0 Å². The lowest BCUT2D eigenvalue weighted by Gasteiger charge is -2.16. The van der Waals surface area contributed by atoms with Crippen molar-refractivity contribution in [3.05, 3.63) is 100 Å². The molecule has 4 nitrogen and oxygen atoms in total. The van der Waals surface area contributed by atoms with Crippen LogP contribution in [0.25, 0.3) is 0 Å². The normalized spacial score (nSPS) is 13.8. The van der Waals surface area contributed by atoms with Crippen LogP contribution in [0, 0.1) is 6.92 Å². The fraction of sp³-hybridized carbons (Fsp3) is 0.267. The third-order valence-corrected chi connectivity index (χ3v) is 7.23. The maximum Gasteiger partial charge on any atom is 0.283 e. The minimum atomic E-state index is -0.334. The van der Waals surface area contributed by atoms with Crippen LogP contribution in [0.2, 0.25) is 0 Å². The summed E-state index contributed by atoms with van der Waals surface area (Å²) in [6.45, 7) is 8.48. The predicted molar refractivity (Wildman–Crippen MR) is 146 cm³/mol. The van der Waals surface area contributed by atoms with Gasteiger partial charge in [-0.2, -0.15) is 0 Å². The summed E-state index contributed by atoms with van der Waals surface area (Å²) in [6, 6.07) is 23.7. The zero-order chi connectivity index (χ0) is 24.9. The summed E-state index contributed by atoms with van der Waals surface area (Å²) in [7, 11) is 0. The molecule has 1 heterocycles. The van der Waals surface area contributed by atoms with E-state index in [1.54, 1.807) is 0 Å². The number of carbonyl (C=O) groups is 2. The molecule has 0 aliphatic carbocycles. The van der Waals surface area contributed by atoms with Gasteiger partial charge in [0, 0.05) is 10.6 Å². The molecule has 5 heteroatoms. The van der Waals surface area contributed by atoms with E-state index in [0.717, 1.165) is 35.4 Å². The highest BCUT2D eigenvalue weighted by Crippen LogP contribution is 2.38. The molecular weight excluding hydrogens is 452 g/mol. The van der Waals surface area contributed by atoms with Crippen molar-refractivity contribution >= 4 is 35.0 Å². The second-order valence-corrected chi connectivity index (χ2v) is 10.3. The maximum atomic E-state index is 13.6. The Kier molecular flexibility index (Phi) is 7.76. The van der Waals surface area contributed by atoms with E-state index < -0.39 is 0 Å². The zero-order valence-corrected chi connectivity index (χ0v) is 21.6. The van der Waals surface area contributed by atoms with E-state index in [9.17, 15) is 9.59 Å². The number of amides is 2. The fourth-order valence-corrected chi connectivity index (χ4v) is 4.89. The van der Waals surface area contributed by atoms with Gasteiger partial charge in [0.05, 0.1) is 5.69 Å². The van der Waals surface area contributed by atoms with Crippen molar-refractivity contribution in [2.75, 3.05) is 10.2 Å². The van der Waals surface area contributed by atoms with E-state index in [1.165, 1.54) is 27.8 Å². The van der Waals surface area contributed by atoms with E-state index in [1.807, 2.05) is 79.7 Å². The number of nitrogens with one attached hydrogen (secondary N) is 1. The molecule has 0 saturated carbocycles. The van der Waals surface area contributed by atoms with Crippen molar-refractivity contribution in [3.63, 3.8) is 0 Å². The lowest BCUT2D eigenvalue weighted by atomic mass is 10.0. The number of aryl methyl sites for hydroxylation is 2. The standard InChI is InChI=1S/C30H32N2O2S/c1-5-6-7-22-10-16-25(17-11-22)32-29(33)27(31-24-14-12-23(13-15-24)20(2)3)28(30(32)34)35-26-18-8-21(4)9-19-26/h8-20,31H,5-7H2,1-4H3. The van der Waals surface area contributed by atoms with E-state index in [2.05, 4.69) is 26.1 Å². The van der Waals surface area contributed by atoms with Crippen molar-refractivity contribution in [2.45, 2.75) is 57.8 Å². The molecule has 1 aliphatic rings. The summed E-state index contributed by atoms with van der Waals surface area (Å²) in [5, 5.41) is 3.25. The first-order chi connectivity index (χ1) is 16.9. The molecule has 180 valence electrons. The summed E-state index contributed by atoms with van der Waals surface area (Å²) in [5.74, 6) is -0.219. The average Bonchev–Trinajstić information content (AvgIpc) is 3.08. The Morgan fingerprint density at radius 3 is 2.11 bits per heavy atom. The van der Waals surface area contributed by atoms with Crippen LogP contribution in [0.4, 0.5) is 11.4 Å². The van der Waals surface area contributed by atoms with Crippen LogP contribution < -0.4 is 10.2 Å². The minimum Gasteiger partial charge on any atom is -0.350 e. The number of unbranched alkanes of at least 4 members (excludes halogenated alkanes) is 1. The number of hydrogen-bond donors (Lipinski definition) is 1. The van der Waals surface area contributed by atoms with Gasteiger partial charge in [-0.05, 0) is 73.2 Å². The number of carbonyl (C=O) groups excluding carboxylic acids is 2. The number of nitrogens with zero attached hydrogens (tertiary/aromatic N) is 1. The highest BCUT2D eigenvalue weighted by Gasteiger charge is 2.40. The predicted octanol–water partition coefficient (Wildman–Crippen LogP) is 7.45. The first kappa shape index (κ1) is 24.8. The van der Waals surface area contributed by atoms with Gasteiger partial charge < -0.3 is 5.32 Å². The summed E-state index contributed by atoms with van der Waals surface area (Å²) in [4.78, 5) is 29.8. The Balaban J connectivity index is 1.66. The molecule has 3 aromatic rings. The quantitative estimate of drug-likeness (QED) is 0.320. The maximum absolute atomic E-state index is 13.6. The molecule has 0 bridgehead atoms. The summed E-state index contributed by atoms with van der Waals surface area (Å²) in [5.41, 5.74) is 5.26. The van der Waals surface area contributed by atoms with Crippen LogP contribution in [-0.4, -0.2) is 11.8 Å². The molecule has 0 aromatic heterocycles. The van der Waals surface area contributed by atoms with E-state index in [-0.39, 0.29) is 11.8 Å². The second-order valence-electron chi connectivity index (χ2n) is 9.24. The highest BCUT2D eigenvalue weighted by molar-refractivity contribution is 8.04. The average molecular weight is 485 g/mol. The lowest BCUT2D eigenvalue weighted by Crippen LogP contribution is -2.32. The lowest BCUT2D eigenvalue weighted by molar-refractivity contribution is -0.120. The van der Waals surface area contributed by atoms with Gasteiger partial charge in [0.1, 0.15) is 10.6 Å². The Hall–Kier alpha value is -3.31. The molecule has 2 amide bonds. The third kappa shape index (κ3) is 5.68. The third-order valence-electron chi connectivity index (χ3n) is 6.14.